The van der Waals surface area contributed by atoms with Crippen LogP contribution in [0.15, 0.2) is 18.2 Å². The third-order valence-corrected chi connectivity index (χ3v) is 3.23. The van der Waals surface area contributed by atoms with Gasteiger partial charge in [0.1, 0.15) is 0 Å². The molecule has 96 valence electrons. The molecule has 1 unspecified atom stereocenters. The fourth-order valence-electron chi connectivity index (χ4n) is 1.61. The van der Waals surface area contributed by atoms with Gasteiger partial charge in [0.25, 0.3) is 0 Å². The van der Waals surface area contributed by atoms with Gasteiger partial charge in [0.15, 0.2) is 0 Å². The number of nitrogens with two attached hydrogens (primary N) is 1. The van der Waals surface area contributed by atoms with E-state index in [2.05, 4.69) is 10.3 Å². The Labute approximate surface area is 113 Å². The zero-order chi connectivity index (χ0) is 12.8. The van der Waals surface area contributed by atoms with Crippen LogP contribution in [0.5, 0.6) is 0 Å². The molecule has 1 rings (SSSR count). The standard InChI is InChI=1S/C12H19Cl2N3/c1-17(2)6-5-11(16-15)7-9-3-4-10(13)8-12(9)14/h3-4,8,11,16H,5-7,15H2,1-2H3. The maximum Gasteiger partial charge on any atom is 0.0453 e. The Morgan fingerprint density at radius 3 is 2.59 bits per heavy atom. The third kappa shape index (κ3) is 5.23. The summed E-state index contributed by atoms with van der Waals surface area (Å²) in [7, 11) is 4.09. The van der Waals surface area contributed by atoms with Crippen LogP contribution in [0.4, 0.5) is 0 Å². The van der Waals surface area contributed by atoms with Crippen LogP contribution in [0.25, 0.3) is 0 Å². The first-order chi connectivity index (χ1) is 8.02. The Morgan fingerprint density at radius 1 is 1.35 bits per heavy atom. The average molecular weight is 276 g/mol. The van der Waals surface area contributed by atoms with E-state index in [4.69, 9.17) is 29.0 Å². The molecule has 1 atom stereocenters. The highest BCUT2D eigenvalue weighted by atomic mass is 35.5. The number of hydrazine groups is 1. The SMILES string of the molecule is CN(C)CCC(Cc1ccc(Cl)cc1Cl)NN. The summed E-state index contributed by atoms with van der Waals surface area (Å²) in [5.41, 5.74) is 3.90. The van der Waals surface area contributed by atoms with Gasteiger partial charge in [-0.1, -0.05) is 29.3 Å². The summed E-state index contributed by atoms with van der Waals surface area (Å²) >= 11 is 12.0. The Hall–Kier alpha value is -0.320. The lowest BCUT2D eigenvalue weighted by Crippen LogP contribution is -2.38. The van der Waals surface area contributed by atoms with E-state index in [1.165, 1.54) is 0 Å². The Balaban J connectivity index is 2.60. The van der Waals surface area contributed by atoms with Gasteiger partial charge in [-0.05, 0) is 51.2 Å². The molecule has 0 heterocycles. The first-order valence-corrected chi connectivity index (χ1v) is 6.33. The summed E-state index contributed by atoms with van der Waals surface area (Å²) in [4.78, 5) is 2.13. The van der Waals surface area contributed by atoms with Crippen LogP contribution in [-0.4, -0.2) is 31.6 Å². The first-order valence-electron chi connectivity index (χ1n) is 5.57. The number of hydrogen-bond acceptors (Lipinski definition) is 3. The van der Waals surface area contributed by atoms with Gasteiger partial charge in [-0.3, -0.25) is 11.3 Å². The minimum Gasteiger partial charge on any atom is -0.309 e. The van der Waals surface area contributed by atoms with E-state index in [1.54, 1.807) is 6.07 Å². The average Bonchev–Trinajstić information content (AvgIpc) is 2.26. The second-order valence-corrected chi connectivity index (χ2v) is 5.24. The molecule has 0 amide bonds. The van der Waals surface area contributed by atoms with Crippen LogP contribution in [-0.2, 0) is 6.42 Å². The van der Waals surface area contributed by atoms with Crippen molar-refractivity contribution in [2.45, 2.75) is 18.9 Å². The normalized spacial score (nSPS) is 13.1. The van der Waals surface area contributed by atoms with Crippen molar-refractivity contribution in [1.82, 2.24) is 10.3 Å². The van der Waals surface area contributed by atoms with Crippen molar-refractivity contribution in [2.75, 3.05) is 20.6 Å². The van der Waals surface area contributed by atoms with Crippen molar-refractivity contribution in [2.24, 2.45) is 5.84 Å². The van der Waals surface area contributed by atoms with E-state index in [1.807, 2.05) is 26.2 Å². The highest BCUT2D eigenvalue weighted by molar-refractivity contribution is 6.35. The van der Waals surface area contributed by atoms with Crippen molar-refractivity contribution < 1.29 is 0 Å². The van der Waals surface area contributed by atoms with E-state index in [0.29, 0.717) is 10.0 Å². The highest BCUT2D eigenvalue weighted by Gasteiger charge is 2.10. The third-order valence-electron chi connectivity index (χ3n) is 2.64. The predicted molar refractivity (Wildman–Crippen MR) is 74.4 cm³/mol. The lowest BCUT2D eigenvalue weighted by Gasteiger charge is -2.19. The number of hydrogen-bond donors (Lipinski definition) is 2. The Kier molecular flexibility index (Phi) is 6.23. The van der Waals surface area contributed by atoms with Crippen LogP contribution < -0.4 is 11.3 Å². The smallest absolute Gasteiger partial charge is 0.0453 e. The van der Waals surface area contributed by atoms with Gasteiger partial charge in [-0.25, -0.2) is 0 Å². The minimum atomic E-state index is 0.219. The lowest BCUT2D eigenvalue weighted by atomic mass is 10.0. The van der Waals surface area contributed by atoms with E-state index in [-0.39, 0.29) is 6.04 Å². The van der Waals surface area contributed by atoms with Gasteiger partial charge < -0.3 is 4.90 Å². The molecule has 17 heavy (non-hydrogen) atoms. The Bertz CT molecular complexity index is 356. The summed E-state index contributed by atoms with van der Waals surface area (Å²) in [5, 5.41) is 1.35. The quantitative estimate of drug-likeness (QED) is 0.619. The molecule has 3 N–H and O–H groups in total. The molecule has 0 aliphatic rings. The number of benzene rings is 1. The molecule has 0 radical (unpaired) electrons. The molecule has 3 nitrogen and oxygen atoms in total. The van der Waals surface area contributed by atoms with E-state index in [9.17, 15) is 0 Å². The molecule has 0 spiro atoms. The summed E-state index contributed by atoms with van der Waals surface area (Å²) in [6.07, 6.45) is 1.78. The van der Waals surface area contributed by atoms with Crippen LogP contribution in [0.3, 0.4) is 0 Å². The first kappa shape index (κ1) is 14.7. The van der Waals surface area contributed by atoms with Crippen LogP contribution >= 0.6 is 23.2 Å². The topological polar surface area (TPSA) is 41.3 Å². The molecule has 0 aliphatic carbocycles. The van der Waals surface area contributed by atoms with Crippen LogP contribution in [0.2, 0.25) is 10.0 Å². The molecule has 0 fully saturated rings. The van der Waals surface area contributed by atoms with Gasteiger partial charge in [0, 0.05) is 16.1 Å². The second kappa shape index (κ2) is 7.19. The predicted octanol–water partition coefficient (Wildman–Crippen LogP) is 2.32. The number of halogens is 2. The summed E-state index contributed by atoms with van der Waals surface area (Å²) in [6, 6.07) is 5.78. The maximum atomic E-state index is 6.13. The summed E-state index contributed by atoms with van der Waals surface area (Å²) < 4.78 is 0. The van der Waals surface area contributed by atoms with Crippen molar-refractivity contribution in [1.29, 1.82) is 0 Å². The number of nitrogens with zero attached hydrogens (tertiary/aromatic N) is 1. The molecule has 0 bridgehead atoms. The maximum absolute atomic E-state index is 6.13. The van der Waals surface area contributed by atoms with Gasteiger partial charge >= 0.3 is 0 Å². The van der Waals surface area contributed by atoms with Crippen molar-refractivity contribution in [3.05, 3.63) is 33.8 Å². The van der Waals surface area contributed by atoms with E-state index >= 15 is 0 Å². The molecule has 1 aromatic rings. The van der Waals surface area contributed by atoms with Gasteiger partial charge in [-0.2, -0.15) is 0 Å². The summed E-state index contributed by atoms with van der Waals surface area (Å²) in [6.45, 7) is 0.986. The molecular formula is C12H19Cl2N3. The monoisotopic (exact) mass is 275 g/mol. The van der Waals surface area contributed by atoms with Gasteiger partial charge in [0.2, 0.25) is 0 Å². The van der Waals surface area contributed by atoms with Crippen molar-refractivity contribution in [3.63, 3.8) is 0 Å². The fraction of sp³-hybridized carbons (Fsp3) is 0.500. The van der Waals surface area contributed by atoms with Crippen LogP contribution in [0.1, 0.15) is 12.0 Å². The van der Waals surface area contributed by atoms with Gasteiger partial charge in [0.05, 0.1) is 0 Å². The summed E-state index contributed by atoms with van der Waals surface area (Å²) in [5.74, 6) is 5.55. The largest absolute Gasteiger partial charge is 0.309 e. The molecule has 0 saturated heterocycles. The van der Waals surface area contributed by atoms with Crippen molar-refractivity contribution in [3.8, 4) is 0 Å². The lowest BCUT2D eigenvalue weighted by molar-refractivity contribution is 0.358. The fourth-order valence-corrected chi connectivity index (χ4v) is 2.10. The van der Waals surface area contributed by atoms with Gasteiger partial charge in [-0.15, -0.1) is 0 Å². The molecule has 5 heteroatoms. The Morgan fingerprint density at radius 2 is 2.06 bits per heavy atom. The molecule has 1 aromatic carbocycles. The molecule has 0 saturated carbocycles. The number of rotatable bonds is 6. The zero-order valence-corrected chi connectivity index (χ0v) is 11.7. The number of nitrogens with one attached hydrogen (secondary N) is 1. The van der Waals surface area contributed by atoms with E-state index < -0.39 is 0 Å². The minimum absolute atomic E-state index is 0.219. The zero-order valence-electron chi connectivity index (χ0n) is 10.2. The van der Waals surface area contributed by atoms with Crippen molar-refractivity contribution >= 4 is 23.2 Å². The highest BCUT2D eigenvalue weighted by Crippen LogP contribution is 2.22. The molecular weight excluding hydrogens is 257 g/mol. The van der Waals surface area contributed by atoms with E-state index in [0.717, 1.165) is 24.9 Å². The molecule has 0 aromatic heterocycles. The van der Waals surface area contributed by atoms with Crippen LogP contribution in [0, 0.1) is 0 Å². The second-order valence-electron chi connectivity index (χ2n) is 4.40. The molecule has 0 aliphatic heterocycles.